The van der Waals surface area contributed by atoms with Gasteiger partial charge in [-0.25, -0.2) is 5.10 Å². The van der Waals surface area contributed by atoms with Crippen molar-refractivity contribution in [2.24, 2.45) is 0 Å². The van der Waals surface area contributed by atoms with Crippen molar-refractivity contribution in [2.45, 2.75) is 6.92 Å². The molecule has 0 amide bonds. The Kier molecular flexibility index (Phi) is 4.22. The highest BCUT2D eigenvalue weighted by atomic mass is 15.5. The Morgan fingerprint density at radius 2 is 1.66 bits per heavy atom. The van der Waals surface area contributed by atoms with Crippen molar-refractivity contribution in [3.63, 3.8) is 0 Å². The summed E-state index contributed by atoms with van der Waals surface area (Å²) in [5.74, 6) is 0.628. The fourth-order valence-electron chi connectivity index (χ4n) is 3.53. The third-order valence-electron chi connectivity index (χ3n) is 4.83. The van der Waals surface area contributed by atoms with Crippen molar-refractivity contribution in [3.05, 3.63) is 84.6 Å². The number of nitrogens with one attached hydrogen (secondary N) is 2. The second-order valence-corrected chi connectivity index (χ2v) is 6.83. The maximum absolute atomic E-state index is 4.62. The van der Waals surface area contributed by atoms with Crippen molar-refractivity contribution in [1.82, 2.24) is 25.6 Å². The SMILES string of the molecule is Cc1cc(Nc2ccc(-c3ccccc3)c(-c3nnn[nH]3)c2)c2ccccc2n1. The minimum atomic E-state index is 0.628. The van der Waals surface area contributed by atoms with Crippen molar-refractivity contribution >= 4 is 22.3 Å². The van der Waals surface area contributed by atoms with E-state index in [0.717, 1.165) is 44.7 Å². The molecule has 5 rings (SSSR count). The number of nitrogens with zero attached hydrogens (tertiary/aromatic N) is 4. The predicted octanol–water partition coefficient (Wildman–Crippen LogP) is 5.13. The Hall–Kier alpha value is -4.06. The van der Waals surface area contributed by atoms with Crippen LogP contribution in [-0.2, 0) is 0 Å². The van der Waals surface area contributed by atoms with Gasteiger partial charge in [-0.15, -0.1) is 5.10 Å². The molecule has 0 bridgehead atoms. The highest BCUT2D eigenvalue weighted by Gasteiger charge is 2.12. The van der Waals surface area contributed by atoms with Crippen LogP contribution >= 0.6 is 0 Å². The van der Waals surface area contributed by atoms with Crippen LogP contribution in [0, 0.1) is 6.92 Å². The van der Waals surface area contributed by atoms with E-state index in [1.54, 1.807) is 0 Å². The molecule has 0 saturated carbocycles. The lowest BCUT2D eigenvalue weighted by molar-refractivity contribution is 0.881. The van der Waals surface area contributed by atoms with Crippen LogP contribution in [0.15, 0.2) is 78.9 Å². The van der Waals surface area contributed by atoms with E-state index in [0.29, 0.717) is 5.82 Å². The number of pyridine rings is 1. The molecule has 0 aliphatic heterocycles. The molecule has 3 aromatic carbocycles. The van der Waals surface area contributed by atoms with Gasteiger partial charge in [-0.3, -0.25) is 4.98 Å². The molecule has 0 fully saturated rings. The summed E-state index contributed by atoms with van der Waals surface area (Å²) in [6.45, 7) is 2.00. The van der Waals surface area contributed by atoms with Crippen LogP contribution in [0.25, 0.3) is 33.4 Å². The molecule has 0 aliphatic carbocycles. The van der Waals surface area contributed by atoms with E-state index in [4.69, 9.17) is 0 Å². The zero-order chi connectivity index (χ0) is 19.6. The predicted molar refractivity (Wildman–Crippen MR) is 115 cm³/mol. The van der Waals surface area contributed by atoms with Gasteiger partial charge in [-0.2, -0.15) is 0 Å². The Balaban J connectivity index is 1.62. The van der Waals surface area contributed by atoms with Crippen molar-refractivity contribution < 1.29 is 0 Å². The number of rotatable bonds is 4. The normalized spacial score (nSPS) is 10.9. The van der Waals surface area contributed by atoms with Gasteiger partial charge >= 0.3 is 0 Å². The molecule has 0 atom stereocenters. The highest BCUT2D eigenvalue weighted by molar-refractivity contribution is 5.94. The lowest BCUT2D eigenvalue weighted by atomic mass is 9.98. The number of H-pyrrole nitrogens is 1. The maximum Gasteiger partial charge on any atom is 0.180 e. The lowest BCUT2D eigenvalue weighted by Gasteiger charge is -2.14. The molecule has 6 heteroatoms. The van der Waals surface area contributed by atoms with Gasteiger partial charge in [0.2, 0.25) is 0 Å². The van der Waals surface area contributed by atoms with Crippen LogP contribution in [0.2, 0.25) is 0 Å². The van der Waals surface area contributed by atoms with E-state index >= 15 is 0 Å². The molecule has 0 aliphatic rings. The Labute approximate surface area is 167 Å². The molecule has 140 valence electrons. The molecule has 29 heavy (non-hydrogen) atoms. The van der Waals surface area contributed by atoms with E-state index < -0.39 is 0 Å². The minimum Gasteiger partial charge on any atom is -0.355 e. The average molecular weight is 378 g/mol. The third kappa shape index (κ3) is 3.32. The first-order valence-corrected chi connectivity index (χ1v) is 9.35. The fraction of sp³-hybridized carbons (Fsp3) is 0.0435. The van der Waals surface area contributed by atoms with Gasteiger partial charge in [0.15, 0.2) is 5.82 Å². The summed E-state index contributed by atoms with van der Waals surface area (Å²) in [6, 6.07) is 26.6. The molecule has 0 saturated heterocycles. The monoisotopic (exact) mass is 378 g/mol. The molecule has 0 unspecified atom stereocenters. The summed E-state index contributed by atoms with van der Waals surface area (Å²) in [7, 11) is 0. The maximum atomic E-state index is 4.62. The minimum absolute atomic E-state index is 0.628. The second-order valence-electron chi connectivity index (χ2n) is 6.83. The number of tetrazole rings is 1. The summed E-state index contributed by atoms with van der Waals surface area (Å²) in [5, 5.41) is 19.1. The van der Waals surface area contributed by atoms with Crippen molar-refractivity contribution in [2.75, 3.05) is 5.32 Å². The van der Waals surface area contributed by atoms with Crippen molar-refractivity contribution in [1.29, 1.82) is 0 Å². The molecular weight excluding hydrogens is 360 g/mol. The van der Waals surface area contributed by atoms with E-state index in [-0.39, 0.29) is 0 Å². The molecule has 2 N–H and O–H groups in total. The van der Waals surface area contributed by atoms with E-state index in [1.165, 1.54) is 0 Å². The Morgan fingerprint density at radius 3 is 2.48 bits per heavy atom. The standard InChI is InChI=1S/C23H18N6/c1-15-13-22(19-9-5-6-10-21(19)24-15)25-17-11-12-18(16-7-3-2-4-8-16)20(14-17)23-26-28-29-27-23/h2-14H,1H3,(H,24,25)(H,26,27,28,29). The molecule has 0 radical (unpaired) electrons. The van der Waals surface area contributed by atoms with Crippen LogP contribution in [0.4, 0.5) is 11.4 Å². The molecule has 0 spiro atoms. The molecule has 5 aromatic rings. The smallest absolute Gasteiger partial charge is 0.180 e. The number of benzene rings is 3. The topological polar surface area (TPSA) is 79.4 Å². The average Bonchev–Trinajstić information content (AvgIpc) is 3.29. The van der Waals surface area contributed by atoms with Gasteiger partial charge in [0, 0.05) is 28.0 Å². The molecule has 2 aromatic heterocycles. The number of aryl methyl sites for hydroxylation is 1. The number of anilines is 2. The van der Waals surface area contributed by atoms with E-state index in [9.17, 15) is 0 Å². The summed E-state index contributed by atoms with van der Waals surface area (Å²) < 4.78 is 0. The Morgan fingerprint density at radius 1 is 0.828 bits per heavy atom. The van der Waals surface area contributed by atoms with Gasteiger partial charge in [0.05, 0.1) is 5.52 Å². The summed E-state index contributed by atoms with van der Waals surface area (Å²) in [6.07, 6.45) is 0. The van der Waals surface area contributed by atoms with Crippen LogP contribution in [-0.4, -0.2) is 25.6 Å². The highest BCUT2D eigenvalue weighted by Crippen LogP contribution is 2.34. The van der Waals surface area contributed by atoms with E-state index in [1.807, 2.05) is 43.3 Å². The Bertz CT molecular complexity index is 1280. The number of hydrogen-bond acceptors (Lipinski definition) is 5. The quantitative estimate of drug-likeness (QED) is 0.453. The fourth-order valence-corrected chi connectivity index (χ4v) is 3.53. The summed E-state index contributed by atoms with van der Waals surface area (Å²) in [4.78, 5) is 4.62. The van der Waals surface area contributed by atoms with Crippen LogP contribution < -0.4 is 5.32 Å². The van der Waals surface area contributed by atoms with Gasteiger partial charge in [-0.1, -0.05) is 54.6 Å². The van der Waals surface area contributed by atoms with Crippen molar-refractivity contribution in [3.8, 4) is 22.5 Å². The number of aromatic nitrogens is 5. The second kappa shape index (κ2) is 7.16. The number of hydrogen-bond donors (Lipinski definition) is 2. The van der Waals surface area contributed by atoms with Crippen LogP contribution in [0.3, 0.4) is 0 Å². The summed E-state index contributed by atoms with van der Waals surface area (Å²) in [5.41, 5.74) is 7.00. The van der Waals surface area contributed by atoms with Crippen LogP contribution in [0.1, 0.15) is 5.69 Å². The first-order valence-electron chi connectivity index (χ1n) is 9.35. The van der Waals surface area contributed by atoms with Gasteiger partial charge < -0.3 is 5.32 Å². The van der Waals surface area contributed by atoms with Gasteiger partial charge in [-0.05, 0) is 52.7 Å². The first-order chi connectivity index (χ1) is 14.3. The van der Waals surface area contributed by atoms with Crippen LogP contribution in [0.5, 0.6) is 0 Å². The summed E-state index contributed by atoms with van der Waals surface area (Å²) >= 11 is 0. The van der Waals surface area contributed by atoms with E-state index in [2.05, 4.69) is 73.4 Å². The zero-order valence-electron chi connectivity index (χ0n) is 15.8. The number of fused-ring (bicyclic) bond motifs is 1. The van der Waals surface area contributed by atoms with Gasteiger partial charge in [0.25, 0.3) is 0 Å². The molecule has 2 heterocycles. The molecular formula is C23H18N6. The van der Waals surface area contributed by atoms with Gasteiger partial charge in [0.1, 0.15) is 0 Å². The third-order valence-corrected chi connectivity index (χ3v) is 4.83. The number of para-hydroxylation sites is 1. The lowest BCUT2D eigenvalue weighted by Crippen LogP contribution is -1.96. The largest absolute Gasteiger partial charge is 0.355 e. The zero-order valence-corrected chi connectivity index (χ0v) is 15.8. The first kappa shape index (κ1) is 17.1. The molecule has 6 nitrogen and oxygen atoms in total. The number of aromatic amines is 1.